The number of Topliss-reactive ketones (excluding diaryl/α,β-unsaturated/α-hetero) is 1. The number of aromatic nitrogens is 4. The number of imidazole rings is 1. The molecule has 0 saturated carbocycles. The molecule has 11 atom stereocenters. The molecule has 3 aromatic heterocycles. The van der Waals surface area contributed by atoms with Gasteiger partial charge in [-0.3, -0.25) is 57.5 Å². The van der Waals surface area contributed by atoms with Crippen LogP contribution < -0.4 is 48.3 Å². The predicted octanol–water partition coefficient (Wildman–Crippen LogP) is 2.95. The Morgan fingerprint density at radius 3 is 1.86 bits per heavy atom. The molecule has 30 nitrogen and oxygen atoms in total. The third-order valence-corrected chi connectivity index (χ3v) is 21.0. The molecule has 1 saturated heterocycles. The lowest BCUT2D eigenvalue weighted by atomic mass is 9.85. The number of carbonyl (C=O) groups excluding carboxylic acids is 11. The van der Waals surface area contributed by atoms with Gasteiger partial charge in [0.05, 0.1) is 24.4 Å². The number of nitrogens with two attached hydrogens (primary N) is 1. The number of carbonyl (C=O) groups is 12. The Morgan fingerprint density at radius 1 is 0.682 bits per heavy atom. The molecule has 2 bridgehead atoms. The Balaban J connectivity index is 1.14. The number of phenols is 2. The molecule has 10 amide bonds. The molecule has 0 unspecified atom stereocenters. The van der Waals surface area contributed by atoms with Crippen LogP contribution in [0.25, 0.3) is 11.0 Å². The number of thioether (sulfide) groups is 2. The molecule has 2 aliphatic heterocycles. The number of carboxylic acids is 1. The zero-order valence-corrected chi connectivity index (χ0v) is 62.2. The van der Waals surface area contributed by atoms with E-state index in [0.29, 0.717) is 57.1 Å². The lowest BCUT2D eigenvalue weighted by Crippen LogP contribution is -2.63. The molecule has 0 radical (unpaired) electrons. The number of aliphatic hydroxyl groups is 1. The first kappa shape index (κ1) is 82.3. The monoisotopic (exact) mass is 1510 g/mol. The number of aromatic hydroxyl groups is 2. The number of nitrogens with zero attached hydrogens (tertiary/aromatic N) is 3. The van der Waals surface area contributed by atoms with Crippen molar-refractivity contribution >= 4 is 105 Å². The number of fused-ring (bicyclic) bond motifs is 4. The maximum absolute atomic E-state index is 15.2. The normalized spacial score (nSPS) is 24.3. The van der Waals surface area contributed by atoms with Crippen molar-refractivity contribution in [2.45, 2.75) is 190 Å². The molecular formula is C75H96N14O16S2. The first-order chi connectivity index (χ1) is 50.9. The fourth-order valence-corrected chi connectivity index (χ4v) is 14.7. The summed E-state index contributed by atoms with van der Waals surface area (Å²) < 4.78 is 0. The highest BCUT2D eigenvalue weighted by Crippen LogP contribution is 2.32. The number of pyridine rings is 1. The van der Waals surface area contributed by atoms with E-state index in [1.807, 2.05) is 24.3 Å². The van der Waals surface area contributed by atoms with Crippen LogP contribution in [0, 0.1) is 11.3 Å². The van der Waals surface area contributed by atoms with Crippen LogP contribution in [0.15, 0.2) is 110 Å². The van der Waals surface area contributed by atoms with Crippen molar-refractivity contribution in [2.75, 3.05) is 18.1 Å². The van der Waals surface area contributed by atoms with Crippen molar-refractivity contribution in [1.82, 2.24) is 67.4 Å². The number of aromatic amines is 2. The lowest BCUT2D eigenvalue weighted by molar-refractivity contribution is -0.147. The van der Waals surface area contributed by atoms with Crippen molar-refractivity contribution < 1.29 is 78.0 Å². The average Bonchev–Trinajstić information content (AvgIpc) is 1.65. The Kier molecular flexibility index (Phi) is 29.4. The zero-order valence-electron chi connectivity index (χ0n) is 60.6. The summed E-state index contributed by atoms with van der Waals surface area (Å²) in [7, 11) is 0. The summed E-state index contributed by atoms with van der Waals surface area (Å²) in [6.07, 6.45) is 1.90. The molecule has 8 rings (SSSR count). The van der Waals surface area contributed by atoms with E-state index < -0.39 is 161 Å². The first-order valence-electron chi connectivity index (χ1n) is 35.5. The molecule has 0 spiro atoms. The van der Waals surface area contributed by atoms with E-state index in [2.05, 4.69) is 62.5 Å². The molecule has 5 heterocycles. The van der Waals surface area contributed by atoms with Crippen LogP contribution in [0.2, 0.25) is 0 Å². The second kappa shape index (κ2) is 38.3. The molecule has 16 N–H and O–H groups in total. The van der Waals surface area contributed by atoms with Gasteiger partial charge in [0.25, 0.3) is 0 Å². The summed E-state index contributed by atoms with van der Waals surface area (Å²) in [5.41, 5.74) is 7.32. The maximum Gasteiger partial charge on any atom is 0.303 e. The van der Waals surface area contributed by atoms with E-state index in [1.165, 1.54) is 110 Å². The van der Waals surface area contributed by atoms with Gasteiger partial charge < -0.3 is 83.6 Å². The Hall–Kier alpha value is -10.3. The number of benzene rings is 3. The quantitative estimate of drug-likeness (QED) is 0.0702. The Bertz CT molecular complexity index is 4130. The summed E-state index contributed by atoms with van der Waals surface area (Å²) in [5, 5.41) is 64.3. The predicted molar refractivity (Wildman–Crippen MR) is 399 cm³/mol. The minimum absolute atomic E-state index is 0.00703. The third kappa shape index (κ3) is 23.6. The topological polar surface area (TPSA) is 469 Å². The fourth-order valence-electron chi connectivity index (χ4n) is 12.8. The van der Waals surface area contributed by atoms with Gasteiger partial charge in [0, 0.05) is 104 Å². The number of H-pyrrole nitrogens is 2. The highest BCUT2D eigenvalue weighted by atomic mass is 32.2. The van der Waals surface area contributed by atoms with Gasteiger partial charge >= 0.3 is 5.97 Å². The van der Waals surface area contributed by atoms with Crippen LogP contribution >= 0.6 is 23.5 Å². The van der Waals surface area contributed by atoms with Gasteiger partial charge in [-0.25, -0.2) is 9.97 Å². The molecule has 32 heteroatoms. The Labute approximate surface area is 627 Å². The molecule has 1 fully saturated rings. The first-order valence-corrected chi connectivity index (χ1v) is 37.8. The highest BCUT2D eigenvalue weighted by Gasteiger charge is 2.49. The molecule has 6 aromatic rings. The number of aliphatic hydroxyl groups excluding tert-OH is 1. The van der Waals surface area contributed by atoms with Gasteiger partial charge in [-0.15, -0.1) is 0 Å². The highest BCUT2D eigenvalue weighted by molar-refractivity contribution is 7.98. The van der Waals surface area contributed by atoms with Gasteiger partial charge in [-0.2, -0.15) is 23.5 Å². The van der Waals surface area contributed by atoms with Gasteiger partial charge in [0.1, 0.15) is 65.0 Å². The van der Waals surface area contributed by atoms with Crippen molar-refractivity contribution in [3.05, 3.63) is 143 Å². The van der Waals surface area contributed by atoms with E-state index in [0.717, 1.165) is 11.1 Å². The summed E-state index contributed by atoms with van der Waals surface area (Å²) in [5.74, 6) is -11.1. The molecule has 574 valence electrons. The molecular weight excluding hydrogens is 1420 g/mol. The SMILES string of the molecule is CCC[C@@H]1NC(=O)[C@H](Cc2c[nH]c3ncccc23)NC(=O)[C@H]([C@@H](C)O)CC(=O)[C@H](Cc2cnc[nH]2)NC(=O)[C@H](Cc2ccc(O)cc2)NC(=O)[C@H](C(C)(C)C)NC(=O)CCSCc2cccc(c2)CSC[C@@H](C(N)=O)NC(=O)[C@]2(C)CCCN2C(=O)[C@H](Cc2ccc(O)cc2)NC(=O)[C@H](CCC(=O)O)NC1=O. The number of aliphatic carboxylic acids is 1. The standard InChI is InChI=1S/C75H96N14O16S2/c1-7-11-53-67(99)82-54(23-24-62(95)96)68(100)86-58(32-44-17-21-50(92)22-18-44)72(104)89-28-10-26-75(89,6)73(105)87-59(64(76)97)40-107-39-46-13-8-12-45(30-46)38-106-29-25-61(94)88-63(74(3,4)5)71(103)85-56(31-43-15-19-49(91)20-16-43)69(101)83-55(34-48-37-77-41-80-48)60(93)35-52(42(2)90)66(98)84-57(70(102)81-53)33-47-36-79-65-51(47)14-9-27-78-65/h8-9,12-22,27,30,36-37,41-42,52-59,63,90-92H,7,10-11,23-26,28-29,31-35,38-40H2,1-6H3,(H2,76,97)(H,77,80)(H,78,79)(H,81,102)(H,82,99)(H,83,101)(H,84,98)(H,85,103)(H,86,100)(H,87,105)(H,88,94)(H,95,96)/t42-,52+,53+,54+,55+,56+,57+,58+,59+,63-,75+/m1/s1. The van der Waals surface area contributed by atoms with Gasteiger partial charge in [-0.1, -0.05) is 82.6 Å². The number of primary amides is 1. The number of amides is 10. The maximum atomic E-state index is 15.2. The summed E-state index contributed by atoms with van der Waals surface area (Å²) >= 11 is 2.78. The second-order valence-electron chi connectivity index (χ2n) is 28.3. The van der Waals surface area contributed by atoms with E-state index in [4.69, 9.17) is 5.73 Å². The van der Waals surface area contributed by atoms with Crippen LogP contribution in [0.4, 0.5) is 0 Å². The number of rotatable bonds is 15. The van der Waals surface area contributed by atoms with Gasteiger partial charge in [0.2, 0.25) is 59.1 Å². The number of ketones is 1. The molecule has 0 aliphatic carbocycles. The molecule has 2 aliphatic rings. The van der Waals surface area contributed by atoms with E-state index in [1.54, 1.807) is 46.0 Å². The van der Waals surface area contributed by atoms with Crippen LogP contribution in [-0.2, 0) is 94.7 Å². The summed E-state index contributed by atoms with van der Waals surface area (Å²) in [4.78, 5) is 189. The van der Waals surface area contributed by atoms with E-state index >= 15 is 9.59 Å². The van der Waals surface area contributed by atoms with Gasteiger partial charge in [-0.05, 0) is 109 Å². The van der Waals surface area contributed by atoms with E-state index in [-0.39, 0.29) is 75.2 Å². The van der Waals surface area contributed by atoms with Gasteiger partial charge in [0.15, 0.2) is 5.78 Å². The fraction of sp³-hybridized carbons (Fsp3) is 0.467. The second-order valence-corrected chi connectivity index (χ2v) is 30.5. The minimum atomic E-state index is -1.69. The smallest absolute Gasteiger partial charge is 0.303 e. The lowest BCUT2D eigenvalue weighted by Gasteiger charge is -2.37. The summed E-state index contributed by atoms with van der Waals surface area (Å²) in [6, 6.07) is 11.0. The van der Waals surface area contributed by atoms with Crippen LogP contribution in [0.5, 0.6) is 11.5 Å². The number of phenolic OH excluding ortho intramolecular Hbond substituents is 2. The molecule has 3 aromatic carbocycles. The van der Waals surface area contributed by atoms with Crippen LogP contribution in [0.1, 0.15) is 126 Å². The zero-order chi connectivity index (χ0) is 77.7. The number of carboxylic acid groups (broad SMARTS) is 1. The summed E-state index contributed by atoms with van der Waals surface area (Å²) in [6.45, 7) is 9.69. The largest absolute Gasteiger partial charge is 0.508 e. The molecule has 107 heavy (non-hydrogen) atoms. The van der Waals surface area contributed by atoms with Crippen LogP contribution in [-0.4, -0.2) is 194 Å². The Morgan fingerprint density at radius 2 is 1.26 bits per heavy atom. The minimum Gasteiger partial charge on any atom is -0.508 e. The van der Waals surface area contributed by atoms with Crippen molar-refractivity contribution in [1.29, 1.82) is 0 Å². The van der Waals surface area contributed by atoms with Crippen molar-refractivity contribution in [3.63, 3.8) is 0 Å². The average molecular weight is 1510 g/mol. The van der Waals surface area contributed by atoms with Crippen molar-refractivity contribution in [2.24, 2.45) is 17.1 Å². The van der Waals surface area contributed by atoms with Crippen molar-refractivity contribution in [3.8, 4) is 11.5 Å². The number of hydrogen-bond acceptors (Lipinski definition) is 19. The third-order valence-electron chi connectivity index (χ3n) is 18.9. The number of hydrogen-bond donors (Lipinski definition) is 15. The number of nitrogens with one attached hydrogen (secondary N) is 10. The van der Waals surface area contributed by atoms with Crippen LogP contribution in [0.3, 0.4) is 0 Å². The van der Waals surface area contributed by atoms with E-state index in [9.17, 15) is 68.4 Å².